The highest BCUT2D eigenvalue weighted by atomic mass is 35.5. The third-order valence-corrected chi connectivity index (χ3v) is 5.71. The van der Waals surface area contributed by atoms with Crippen molar-refractivity contribution in [2.45, 2.75) is 6.54 Å². The molecule has 0 radical (unpaired) electrons. The van der Waals surface area contributed by atoms with Crippen LogP contribution in [0.2, 0.25) is 5.02 Å². The average molecular weight is 477 g/mol. The first-order valence-electron chi connectivity index (χ1n) is 10.5. The number of hydrogen-bond donors (Lipinski definition) is 0. The van der Waals surface area contributed by atoms with Crippen molar-refractivity contribution in [2.24, 2.45) is 0 Å². The van der Waals surface area contributed by atoms with Crippen LogP contribution >= 0.6 is 11.6 Å². The zero-order valence-electron chi connectivity index (χ0n) is 18.8. The van der Waals surface area contributed by atoms with Gasteiger partial charge in [0.25, 0.3) is 5.89 Å². The number of benzene rings is 3. The van der Waals surface area contributed by atoms with Crippen LogP contribution in [0.15, 0.2) is 65.2 Å². The van der Waals surface area contributed by atoms with Gasteiger partial charge >= 0.3 is 0 Å². The van der Waals surface area contributed by atoms with Gasteiger partial charge in [-0.05, 0) is 35.9 Å². The van der Waals surface area contributed by atoms with Crippen LogP contribution in [-0.2, 0) is 6.54 Å². The van der Waals surface area contributed by atoms with E-state index in [1.54, 1.807) is 33.5 Å². The summed E-state index contributed by atoms with van der Waals surface area (Å²) in [6, 6.07) is 19.2. The summed E-state index contributed by atoms with van der Waals surface area (Å²) in [5, 5.41) is 10.6. The van der Waals surface area contributed by atoms with Gasteiger partial charge in [0.1, 0.15) is 0 Å². The predicted molar refractivity (Wildman–Crippen MR) is 129 cm³/mol. The first kappa shape index (κ1) is 21.8. The van der Waals surface area contributed by atoms with E-state index in [0.717, 1.165) is 16.5 Å². The minimum absolute atomic E-state index is 0.315. The second-order valence-corrected chi connectivity index (χ2v) is 7.92. The van der Waals surface area contributed by atoms with Gasteiger partial charge in [0.15, 0.2) is 17.2 Å². The van der Waals surface area contributed by atoms with E-state index < -0.39 is 0 Å². The van der Waals surface area contributed by atoms with Gasteiger partial charge in [-0.3, -0.25) is 4.68 Å². The molecule has 8 nitrogen and oxygen atoms in total. The van der Waals surface area contributed by atoms with Crippen molar-refractivity contribution in [3.63, 3.8) is 0 Å². The highest BCUT2D eigenvalue weighted by Crippen LogP contribution is 2.41. The van der Waals surface area contributed by atoms with Crippen molar-refractivity contribution in [2.75, 3.05) is 21.3 Å². The first-order chi connectivity index (χ1) is 16.6. The topological polar surface area (TPSA) is 84.4 Å². The molecular formula is C25H21ClN4O4. The fourth-order valence-electron chi connectivity index (χ4n) is 3.82. The average Bonchev–Trinajstić information content (AvgIpc) is 3.50. The molecule has 2 aromatic heterocycles. The lowest BCUT2D eigenvalue weighted by Crippen LogP contribution is -2.01. The van der Waals surface area contributed by atoms with Crippen molar-refractivity contribution in [1.82, 2.24) is 19.9 Å². The number of methoxy groups -OCH3 is 3. The van der Waals surface area contributed by atoms with Gasteiger partial charge in [-0.1, -0.05) is 47.1 Å². The Morgan fingerprint density at radius 3 is 2.29 bits per heavy atom. The number of hydrogen-bond acceptors (Lipinski definition) is 7. The molecule has 0 fully saturated rings. The third kappa shape index (κ3) is 3.92. The Bertz CT molecular complexity index is 1430. The molecule has 0 aliphatic rings. The molecule has 0 amide bonds. The standard InChI is InChI=1S/C25H21ClN4O4/c1-31-20-12-16(13-21(32-2)23(20)33-3)24-27-25(34-29-24)22-18-6-4-5-7-19(18)30(28-22)14-15-8-10-17(26)11-9-15/h4-13H,14H2,1-3H3. The fourth-order valence-corrected chi connectivity index (χ4v) is 3.94. The summed E-state index contributed by atoms with van der Waals surface area (Å²) >= 11 is 6.03. The Labute approximate surface area is 200 Å². The molecule has 0 spiro atoms. The number of rotatable bonds is 7. The first-order valence-corrected chi connectivity index (χ1v) is 10.8. The second-order valence-electron chi connectivity index (χ2n) is 7.49. The molecule has 172 valence electrons. The summed E-state index contributed by atoms with van der Waals surface area (Å²) in [6.07, 6.45) is 0. The quantitative estimate of drug-likeness (QED) is 0.307. The lowest BCUT2D eigenvalue weighted by molar-refractivity contribution is 0.324. The van der Waals surface area contributed by atoms with Crippen LogP contribution in [0.25, 0.3) is 33.9 Å². The Hall–Kier alpha value is -4.04. The monoisotopic (exact) mass is 476 g/mol. The molecule has 0 saturated heterocycles. The third-order valence-electron chi connectivity index (χ3n) is 5.46. The molecule has 0 aliphatic heterocycles. The van der Waals surface area contributed by atoms with Gasteiger partial charge in [0.2, 0.25) is 11.6 Å². The summed E-state index contributed by atoms with van der Waals surface area (Å²) in [5.41, 5.74) is 3.30. The number of nitrogens with zero attached hydrogens (tertiary/aromatic N) is 4. The summed E-state index contributed by atoms with van der Waals surface area (Å²) in [6.45, 7) is 0.575. The smallest absolute Gasteiger partial charge is 0.279 e. The summed E-state index contributed by atoms with van der Waals surface area (Å²) in [7, 11) is 4.67. The number of ether oxygens (including phenoxy) is 3. The molecule has 2 heterocycles. The molecule has 9 heteroatoms. The van der Waals surface area contributed by atoms with Gasteiger partial charge in [-0.2, -0.15) is 10.1 Å². The lowest BCUT2D eigenvalue weighted by Gasteiger charge is -2.12. The van der Waals surface area contributed by atoms with Crippen LogP contribution in [0, 0.1) is 0 Å². The van der Waals surface area contributed by atoms with E-state index in [1.165, 1.54) is 0 Å². The van der Waals surface area contributed by atoms with Crippen molar-refractivity contribution in [3.05, 3.63) is 71.2 Å². The van der Waals surface area contributed by atoms with E-state index in [2.05, 4.69) is 10.1 Å². The fraction of sp³-hybridized carbons (Fsp3) is 0.160. The van der Waals surface area contributed by atoms with Crippen LogP contribution in [0.3, 0.4) is 0 Å². The number of para-hydroxylation sites is 1. The normalized spacial score (nSPS) is 11.1. The van der Waals surface area contributed by atoms with E-state index in [0.29, 0.717) is 51.8 Å². The maximum absolute atomic E-state index is 6.03. The Morgan fingerprint density at radius 2 is 1.62 bits per heavy atom. The molecule has 34 heavy (non-hydrogen) atoms. The molecule has 0 N–H and O–H groups in total. The zero-order chi connectivity index (χ0) is 23.7. The molecule has 0 aliphatic carbocycles. The Balaban J connectivity index is 1.55. The van der Waals surface area contributed by atoms with Crippen LogP contribution in [-0.4, -0.2) is 41.3 Å². The molecular weight excluding hydrogens is 456 g/mol. The van der Waals surface area contributed by atoms with Gasteiger partial charge in [0.05, 0.1) is 33.4 Å². The SMILES string of the molecule is COc1cc(-c2noc(-c3nn(Cc4ccc(Cl)cc4)c4ccccc34)n2)cc(OC)c1OC. The van der Waals surface area contributed by atoms with E-state index in [4.69, 9.17) is 35.4 Å². The lowest BCUT2D eigenvalue weighted by atomic mass is 10.1. The Kier molecular flexibility index (Phi) is 5.81. The molecule has 0 unspecified atom stereocenters. The minimum atomic E-state index is 0.315. The highest BCUT2D eigenvalue weighted by Gasteiger charge is 2.21. The molecule has 0 atom stereocenters. The number of aromatic nitrogens is 4. The number of fused-ring (bicyclic) bond motifs is 1. The van der Waals surface area contributed by atoms with Gasteiger partial charge in [0, 0.05) is 16.0 Å². The van der Waals surface area contributed by atoms with Crippen LogP contribution in [0.4, 0.5) is 0 Å². The zero-order valence-corrected chi connectivity index (χ0v) is 19.5. The summed E-state index contributed by atoms with van der Waals surface area (Å²) in [4.78, 5) is 4.62. The van der Waals surface area contributed by atoms with Crippen LogP contribution in [0.5, 0.6) is 17.2 Å². The highest BCUT2D eigenvalue weighted by molar-refractivity contribution is 6.30. The van der Waals surface area contributed by atoms with Gasteiger partial charge in [-0.15, -0.1) is 0 Å². The maximum atomic E-state index is 6.03. The van der Waals surface area contributed by atoms with Crippen molar-refractivity contribution < 1.29 is 18.7 Å². The van der Waals surface area contributed by atoms with Crippen molar-refractivity contribution in [3.8, 4) is 40.2 Å². The molecule has 3 aromatic carbocycles. The van der Waals surface area contributed by atoms with Crippen molar-refractivity contribution >= 4 is 22.5 Å². The van der Waals surface area contributed by atoms with E-state index >= 15 is 0 Å². The molecule has 5 rings (SSSR count). The molecule has 0 saturated carbocycles. The van der Waals surface area contributed by atoms with Crippen molar-refractivity contribution in [1.29, 1.82) is 0 Å². The largest absolute Gasteiger partial charge is 0.493 e. The van der Waals surface area contributed by atoms with E-state index in [1.807, 2.05) is 53.2 Å². The maximum Gasteiger partial charge on any atom is 0.279 e. The minimum Gasteiger partial charge on any atom is -0.493 e. The predicted octanol–water partition coefficient (Wildman–Crippen LogP) is 5.48. The summed E-state index contributed by atoms with van der Waals surface area (Å²) < 4.78 is 23.8. The van der Waals surface area contributed by atoms with E-state index in [-0.39, 0.29) is 0 Å². The van der Waals surface area contributed by atoms with Crippen LogP contribution < -0.4 is 14.2 Å². The number of halogens is 1. The van der Waals surface area contributed by atoms with E-state index in [9.17, 15) is 0 Å². The second kappa shape index (κ2) is 9.07. The molecule has 5 aromatic rings. The van der Waals surface area contributed by atoms with Crippen LogP contribution in [0.1, 0.15) is 5.56 Å². The summed E-state index contributed by atoms with van der Waals surface area (Å²) in [5.74, 6) is 2.19. The van der Waals surface area contributed by atoms with Gasteiger partial charge < -0.3 is 18.7 Å². The van der Waals surface area contributed by atoms with Gasteiger partial charge in [-0.25, -0.2) is 0 Å². The molecule has 0 bridgehead atoms. The Morgan fingerprint density at radius 1 is 0.912 bits per heavy atom.